The quantitative estimate of drug-likeness (QED) is 0.625. The first-order valence-corrected chi connectivity index (χ1v) is 2.32. The Balaban J connectivity index is 0.000000360. The van der Waals surface area contributed by atoms with Gasteiger partial charge in [0.15, 0.2) is 0 Å². The Morgan fingerprint density at radius 3 is 1.29 bits per heavy atom. The van der Waals surface area contributed by atoms with Crippen LogP contribution < -0.4 is 11.5 Å². The van der Waals surface area contributed by atoms with Gasteiger partial charge in [0.05, 0.1) is 0 Å². The van der Waals surface area contributed by atoms with Crippen molar-refractivity contribution < 1.29 is 21.1 Å². The van der Waals surface area contributed by atoms with Crippen molar-refractivity contribution in [3.8, 4) is 0 Å². The van der Waals surface area contributed by atoms with Crippen molar-refractivity contribution in [1.82, 2.24) is 0 Å². The van der Waals surface area contributed by atoms with Crippen LogP contribution in [0.4, 0.5) is 0 Å². The van der Waals surface area contributed by atoms with E-state index in [-0.39, 0.29) is 21.1 Å². The summed E-state index contributed by atoms with van der Waals surface area (Å²) in [5.41, 5.74) is 10.8. The van der Waals surface area contributed by atoms with E-state index in [1.54, 1.807) is 0 Å². The molecular weight excluding hydrogens is 271 g/mol. The van der Waals surface area contributed by atoms with E-state index < -0.39 is 0 Å². The van der Waals surface area contributed by atoms with Crippen molar-refractivity contribution in [2.45, 2.75) is 24.9 Å². The van der Waals surface area contributed by atoms with E-state index in [0.717, 1.165) is 12.8 Å². The van der Waals surface area contributed by atoms with Crippen molar-refractivity contribution in [1.29, 1.82) is 0 Å². The fourth-order valence-electron chi connectivity index (χ4n) is 0.552. The summed E-state index contributed by atoms with van der Waals surface area (Å²) in [5, 5.41) is 0. The molecule has 4 N–H and O–H groups in total. The summed E-state index contributed by atoms with van der Waals surface area (Å²) in [6, 6.07) is 0.620. The molecule has 3 heteroatoms. The zero-order valence-electron chi connectivity index (χ0n) is 4.04. The molecule has 1 aliphatic carbocycles. The first-order valence-electron chi connectivity index (χ1n) is 2.32. The third kappa shape index (κ3) is 1.52. The van der Waals surface area contributed by atoms with Crippen molar-refractivity contribution in [3.05, 3.63) is 0 Å². The van der Waals surface area contributed by atoms with E-state index in [4.69, 9.17) is 11.5 Å². The minimum atomic E-state index is 0. The van der Waals surface area contributed by atoms with Gasteiger partial charge < -0.3 is 11.5 Å². The SMILES string of the molecule is N[C@@H]1CC[C@H]1N.[Pt+2]. The van der Waals surface area contributed by atoms with Crippen molar-refractivity contribution in [2.75, 3.05) is 0 Å². The summed E-state index contributed by atoms with van der Waals surface area (Å²) in [6.07, 6.45) is 2.25. The van der Waals surface area contributed by atoms with Crippen LogP contribution in [0.1, 0.15) is 12.8 Å². The predicted molar refractivity (Wildman–Crippen MR) is 25.2 cm³/mol. The van der Waals surface area contributed by atoms with Crippen LogP contribution in [0.25, 0.3) is 0 Å². The summed E-state index contributed by atoms with van der Waals surface area (Å²) >= 11 is 0. The topological polar surface area (TPSA) is 52.0 Å². The molecule has 0 bridgehead atoms. The second-order valence-corrected chi connectivity index (χ2v) is 1.91. The van der Waals surface area contributed by atoms with Gasteiger partial charge >= 0.3 is 21.1 Å². The van der Waals surface area contributed by atoms with E-state index >= 15 is 0 Å². The van der Waals surface area contributed by atoms with Gasteiger partial charge in [0.1, 0.15) is 0 Å². The first-order chi connectivity index (χ1) is 2.80. The summed E-state index contributed by atoms with van der Waals surface area (Å²) in [5.74, 6) is 0. The molecule has 0 amide bonds. The summed E-state index contributed by atoms with van der Waals surface area (Å²) < 4.78 is 0. The smallest absolute Gasteiger partial charge is 0.326 e. The maximum atomic E-state index is 5.40. The fourth-order valence-corrected chi connectivity index (χ4v) is 0.552. The average Bonchev–Trinajstić information content (AvgIpc) is 1.61. The van der Waals surface area contributed by atoms with E-state index in [0.29, 0.717) is 12.1 Å². The first kappa shape index (κ1) is 7.61. The summed E-state index contributed by atoms with van der Waals surface area (Å²) in [7, 11) is 0. The van der Waals surface area contributed by atoms with Gasteiger partial charge in [-0.15, -0.1) is 0 Å². The number of nitrogens with two attached hydrogens (primary N) is 2. The molecule has 1 rings (SSSR count). The Labute approximate surface area is 57.9 Å². The minimum Gasteiger partial charge on any atom is -0.326 e. The molecule has 2 nitrogen and oxygen atoms in total. The van der Waals surface area contributed by atoms with Gasteiger partial charge in [-0.05, 0) is 12.8 Å². The Morgan fingerprint density at radius 2 is 1.29 bits per heavy atom. The van der Waals surface area contributed by atoms with Crippen LogP contribution in [0.5, 0.6) is 0 Å². The van der Waals surface area contributed by atoms with Gasteiger partial charge in [0.2, 0.25) is 0 Å². The molecule has 0 unspecified atom stereocenters. The van der Waals surface area contributed by atoms with Crippen LogP contribution in [-0.4, -0.2) is 12.1 Å². The maximum absolute atomic E-state index is 5.40. The van der Waals surface area contributed by atoms with E-state index in [1.807, 2.05) is 0 Å². The van der Waals surface area contributed by atoms with Crippen molar-refractivity contribution >= 4 is 0 Å². The molecule has 7 heavy (non-hydrogen) atoms. The van der Waals surface area contributed by atoms with Crippen molar-refractivity contribution in [2.24, 2.45) is 11.5 Å². The van der Waals surface area contributed by atoms with Crippen molar-refractivity contribution in [3.63, 3.8) is 0 Å². The minimum absolute atomic E-state index is 0. The predicted octanol–water partition coefficient (Wildman–Crippen LogP) is -0.568. The molecule has 0 spiro atoms. The molecule has 1 aliphatic rings. The van der Waals surface area contributed by atoms with E-state index in [2.05, 4.69) is 0 Å². The zero-order valence-corrected chi connectivity index (χ0v) is 6.31. The molecule has 0 radical (unpaired) electrons. The second kappa shape index (κ2) is 2.80. The van der Waals surface area contributed by atoms with Crippen LogP contribution in [0.3, 0.4) is 0 Å². The maximum Gasteiger partial charge on any atom is 2.00 e. The molecule has 0 aliphatic heterocycles. The van der Waals surface area contributed by atoms with E-state index in [1.165, 1.54) is 0 Å². The third-order valence-electron chi connectivity index (χ3n) is 1.38. The summed E-state index contributed by atoms with van der Waals surface area (Å²) in [6.45, 7) is 0. The van der Waals surface area contributed by atoms with Crippen LogP contribution in [0.2, 0.25) is 0 Å². The standard InChI is InChI=1S/C4H10N2.Pt/c5-3-1-2-4(3)6;/h3-4H,1-2,5-6H2;/q;+2/t3-,4-;/m1./s1. The number of hydrogen-bond donors (Lipinski definition) is 2. The summed E-state index contributed by atoms with van der Waals surface area (Å²) in [4.78, 5) is 0. The largest absolute Gasteiger partial charge is 2.00 e. The second-order valence-electron chi connectivity index (χ2n) is 1.91. The molecule has 2 atom stereocenters. The van der Waals surface area contributed by atoms with Crippen LogP contribution in [0, 0.1) is 0 Å². The third-order valence-corrected chi connectivity index (χ3v) is 1.38. The van der Waals surface area contributed by atoms with Gasteiger partial charge in [-0.1, -0.05) is 0 Å². The van der Waals surface area contributed by atoms with Gasteiger partial charge in [-0.25, -0.2) is 0 Å². The van der Waals surface area contributed by atoms with E-state index in [9.17, 15) is 0 Å². The monoisotopic (exact) mass is 281 g/mol. The van der Waals surface area contributed by atoms with Gasteiger partial charge in [-0.2, -0.15) is 0 Å². The van der Waals surface area contributed by atoms with Gasteiger partial charge in [0.25, 0.3) is 0 Å². The Bertz CT molecular complexity index is 49.7. The Morgan fingerprint density at radius 1 is 1.00 bits per heavy atom. The molecule has 0 aromatic heterocycles. The normalized spacial score (nSPS) is 38.6. The molecule has 0 saturated heterocycles. The Hall–Kier alpha value is 0.608. The fraction of sp³-hybridized carbons (Fsp3) is 1.00. The molecule has 0 heterocycles. The van der Waals surface area contributed by atoms with Crippen LogP contribution in [0.15, 0.2) is 0 Å². The van der Waals surface area contributed by atoms with Crippen LogP contribution in [-0.2, 0) is 21.1 Å². The molecule has 1 fully saturated rings. The van der Waals surface area contributed by atoms with Gasteiger partial charge in [0, 0.05) is 12.1 Å². The number of rotatable bonds is 0. The Kier molecular flexibility index (Phi) is 3.05. The van der Waals surface area contributed by atoms with Crippen LogP contribution >= 0.6 is 0 Å². The zero-order chi connectivity index (χ0) is 4.57. The van der Waals surface area contributed by atoms with Gasteiger partial charge in [-0.3, -0.25) is 0 Å². The molecule has 1 saturated carbocycles. The average molecular weight is 281 g/mol. The molecular formula is C4H10N2Pt+2. The molecule has 0 aromatic rings. The number of hydrogen-bond acceptors (Lipinski definition) is 2. The molecule has 0 aromatic carbocycles. The molecule has 44 valence electrons.